The van der Waals surface area contributed by atoms with Gasteiger partial charge in [0.2, 0.25) is 0 Å². The van der Waals surface area contributed by atoms with E-state index in [1.807, 2.05) is 0 Å². The molecule has 0 aliphatic heterocycles. The molecule has 0 N–H and O–H groups in total. The van der Waals surface area contributed by atoms with Gasteiger partial charge in [0.25, 0.3) is 0 Å². The second-order valence-corrected chi connectivity index (χ2v) is 6.59. The van der Waals surface area contributed by atoms with Gasteiger partial charge in [-0.05, 0) is 6.07 Å². The summed E-state index contributed by atoms with van der Waals surface area (Å²) in [5, 5.41) is 0. The Morgan fingerprint density at radius 2 is 2.21 bits per heavy atom. The Kier molecular flexibility index (Phi) is 6.68. The van der Waals surface area contributed by atoms with Crippen molar-refractivity contribution in [1.82, 2.24) is 4.98 Å². The molecule has 1 aromatic rings. The fraction of sp³-hybridized carbons (Fsp3) is 0.462. The van der Waals surface area contributed by atoms with Gasteiger partial charge in [-0.3, -0.25) is 4.98 Å². The third kappa shape index (κ3) is 6.46. The molecule has 0 atom stereocenters. The molecule has 0 aliphatic carbocycles. The molecule has 0 aliphatic rings. The van der Waals surface area contributed by atoms with Crippen LogP contribution in [0.2, 0.25) is 0 Å². The summed E-state index contributed by atoms with van der Waals surface area (Å²) in [4.78, 5) is 3.99. The van der Waals surface area contributed by atoms with E-state index in [1.54, 1.807) is 19.2 Å². The minimum absolute atomic E-state index is 0.00561. The molecule has 1 rings (SSSR count). The minimum Gasteiger partial charge on any atom is -0.491 e. The van der Waals surface area contributed by atoms with E-state index in [4.69, 9.17) is 16.3 Å². The van der Waals surface area contributed by atoms with E-state index >= 15 is 0 Å². The Hall–Kier alpha value is -1.25. The highest BCUT2D eigenvalue weighted by molar-refractivity contribution is 7.91. The number of hydrogen-bond acceptors (Lipinski definition) is 4. The molecule has 0 saturated heterocycles. The number of sulfone groups is 1. The first-order valence-electron chi connectivity index (χ1n) is 5.90. The van der Waals surface area contributed by atoms with E-state index in [1.165, 1.54) is 6.20 Å². The van der Waals surface area contributed by atoms with E-state index in [0.717, 1.165) is 5.56 Å². The third-order valence-corrected chi connectivity index (χ3v) is 4.13. The van der Waals surface area contributed by atoms with Crippen molar-refractivity contribution in [3.8, 4) is 17.6 Å². The average molecular weight is 302 g/mol. The zero-order valence-electron chi connectivity index (χ0n) is 10.7. The van der Waals surface area contributed by atoms with Gasteiger partial charge in [-0.1, -0.05) is 18.8 Å². The van der Waals surface area contributed by atoms with Crippen molar-refractivity contribution < 1.29 is 13.2 Å². The fourth-order valence-electron chi connectivity index (χ4n) is 1.21. The van der Waals surface area contributed by atoms with Gasteiger partial charge in [0, 0.05) is 29.8 Å². The first kappa shape index (κ1) is 15.8. The number of halogens is 1. The van der Waals surface area contributed by atoms with Crippen molar-refractivity contribution >= 4 is 21.4 Å². The average Bonchev–Trinajstić information content (AvgIpc) is 2.39. The lowest BCUT2D eigenvalue weighted by Crippen LogP contribution is -2.15. The standard InChI is InChI=1S/C13H16ClNO3S/c1-2-19(16,17)8-7-18-13-9-12(10-15-11-13)5-3-4-6-14/h9-11H,2,4,6-8H2,1H3. The Morgan fingerprint density at radius 1 is 1.42 bits per heavy atom. The first-order chi connectivity index (χ1) is 9.07. The molecule has 0 fully saturated rings. The molecule has 0 aromatic carbocycles. The van der Waals surface area contributed by atoms with Gasteiger partial charge in [-0.2, -0.15) is 0 Å². The van der Waals surface area contributed by atoms with Crippen LogP contribution in [0.25, 0.3) is 0 Å². The van der Waals surface area contributed by atoms with Crippen LogP contribution in [-0.4, -0.2) is 37.4 Å². The fourth-order valence-corrected chi connectivity index (χ4v) is 1.93. The van der Waals surface area contributed by atoms with Crippen molar-refractivity contribution in [1.29, 1.82) is 0 Å². The van der Waals surface area contributed by atoms with Gasteiger partial charge in [-0.15, -0.1) is 11.6 Å². The van der Waals surface area contributed by atoms with Crippen LogP contribution in [0.1, 0.15) is 18.9 Å². The summed E-state index contributed by atoms with van der Waals surface area (Å²) in [6, 6.07) is 1.73. The summed E-state index contributed by atoms with van der Waals surface area (Å²) in [6.07, 6.45) is 3.77. The summed E-state index contributed by atoms with van der Waals surface area (Å²) < 4.78 is 28.0. The highest BCUT2D eigenvalue weighted by Gasteiger charge is 2.07. The molecule has 1 heterocycles. The first-order valence-corrected chi connectivity index (χ1v) is 8.26. The van der Waals surface area contributed by atoms with Crippen LogP contribution in [0.3, 0.4) is 0 Å². The maximum absolute atomic E-state index is 11.3. The molecule has 0 amide bonds. The number of aromatic nitrogens is 1. The minimum atomic E-state index is -3.01. The topological polar surface area (TPSA) is 56.3 Å². The Balaban J connectivity index is 2.56. The number of nitrogens with zero attached hydrogens (tertiary/aromatic N) is 1. The molecule has 1 aromatic heterocycles. The molecule has 0 bridgehead atoms. The van der Waals surface area contributed by atoms with Gasteiger partial charge in [0.1, 0.15) is 12.4 Å². The number of pyridine rings is 1. The summed E-state index contributed by atoms with van der Waals surface area (Å²) in [5.74, 6) is 6.94. The zero-order chi connectivity index (χ0) is 14.1. The monoisotopic (exact) mass is 301 g/mol. The second kappa shape index (κ2) is 8.03. The zero-order valence-corrected chi connectivity index (χ0v) is 12.3. The number of alkyl halides is 1. The van der Waals surface area contributed by atoms with Crippen LogP contribution in [0.15, 0.2) is 18.5 Å². The third-order valence-electron chi connectivity index (χ3n) is 2.27. The number of rotatable bonds is 6. The number of hydrogen-bond donors (Lipinski definition) is 0. The van der Waals surface area contributed by atoms with Crippen molar-refractivity contribution in [3.05, 3.63) is 24.0 Å². The molecule has 0 saturated carbocycles. The van der Waals surface area contributed by atoms with Gasteiger partial charge >= 0.3 is 0 Å². The van der Waals surface area contributed by atoms with Gasteiger partial charge in [0.05, 0.1) is 11.9 Å². The molecule has 0 radical (unpaired) electrons. The lowest BCUT2D eigenvalue weighted by atomic mass is 10.3. The summed E-state index contributed by atoms with van der Waals surface area (Å²) >= 11 is 5.52. The van der Waals surface area contributed by atoms with Crippen LogP contribution in [0.4, 0.5) is 0 Å². The quantitative estimate of drug-likeness (QED) is 0.594. The van der Waals surface area contributed by atoms with Gasteiger partial charge in [0.15, 0.2) is 9.84 Å². The van der Waals surface area contributed by atoms with Gasteiger partial charge in [-0.25, -0.2) is 8.42 Å². The molecule has 4 nitrogen and oxygen atoms in total. The summed E-state index contributed by atoms with van der Waals surface area (Å²) in [7, 11) is -3.01. The maximum Gasteiger partial charge on any atom is 0.153 e. The Labute approximate surface area is 119 Å². The van der Waals surface area contributed by atoms with Crippen molar-refractivity contribution in [3.63, 3.8) is 0 Å². The van der Waals surface area contributed by atoms with Crippen LogP contribution >= 0.6 is 11.6 Å². The molecule has 104 valence electrons. The SMILES string of the molecule is CCS(=O)(=O)CCOc1cncc(C#CCCCl)c1. The highest BCUT2D eigenvalue weighted by Crippen LogP contribution is 2.10. The van der Waals surface area contributed by atoms with Crippen LogP contribution in [0, 0.1) is 11.8 Å². The molecular weight excluding hydrogens is 286 g/mol. The summed E-state index contributed by atoms with van der Waals surface area (Å²) in [5.41, 5.74) is 0.723. The number of ether oxygens (including phenoxy) is 1. The van der Waals surface area contributed by atoms with Crippen molar-refractivity contribution in [2.45, 2.75) is 13.3 Å². The van der Waals surface area contributed by atoms with E-state index in [-0.39, 0.29) is 18.1 Å². The second-order valence-electron chi connectivity index (χ2n) is 3.73. The van der Waals surface area contributed by atoms with Crippen molar-refractivity contribution in [2.24, 2.45) is 0 Å². The molecule has 0 unspecified atom stereocenters. The van der Waals surface area contributed by atoms with Gasteiger partial charge < -0.3 is 4.74 Å². The predicted molar refractivity (Wildman–Crippen MR) is 76.3 cm³/mol. The molecule has 0 spiro atoms. The smallest absolute Gasteiger partial charge is 0.153 e. The highest BCUT2D eigenvalue weighted by atomic mass is 35.5. The van der Waals surface area contributed by atoms with Crippen LogP contribution in [-0.2, 0) is 9.84 Å². The van der Waals surface area contributed by atoms with E-state index < -0.39 is 9.84 Å². The van der Waals surface area contributed by atoms with E-state index in [0.29, 0.717) is 18.1 Å². The largest absolute Gasteiger partial charge is 0.491 e. The molecule has 19 heavy (non-hydrogen) atoms. The van der Waals surface area contributed by atoms with Crippen LogP contribution < -0.4 is 4.74 Å². The maximum atomic E-state index is 11.3. The Bertz CT molecular complexity index is 561. The molecule has 6 heteroatoms. The normalized spacial score (nSPS) is 10.6. The Morgan fingerprint density at radius 3 is 2.89 bits per heavy atom. The van der Waals surface area contributed by atoms with Crippen LogP contribution in [0.5, 0.6) is 5.75 Å². The lowest BCUT2D eigenvalue weighted by molar-refractivity contribution is 0.339. The lowest BCUT2D eigenvalue weighted by Gasteiger charge is -2.05. The predicted octanol–water partition coefficient (Wildman–Crippen LogP) is 1.88. The van der Waals surface area contributed by atoms with Crippen molar-refractivity contribution in [2.75, 3.05) is 24.0 Å². The molecular formula is C13H16ClNO3S. The van der Waals surface area contributed by atoms with E-state index in [9.17, 15) is 8.42 Å². The van der Waals surface area contributed by atoms with E-state index in [2.05, 4.69) is 16.8 Å². The summed E-state index contributed by atoms with van der Waals surface area (Å²) in [6.45, 7) is 1.74.